The first-order valence-corrected chi connectivity index (χ1v) is 10.1. The molecule has 130 valence electrons. The summed E-state index contributed by atoms with van der Waals surface area (Å²) in [5.41, 5.74) is 3.90. The van der Waals surface area contributed by atoms with Gasteiger partial charge in [-0.3, -0.25) is 4.79 Å². The van der Waals surface area contributed by atoms with Crippen LogP contribution in [0.4, 0.5) is 0 Å². The predicted molar refractivity (Wildman–Crippen MR) is 103 cm³/mol. The molecule has 3 nitrogen and oxygen atoms in total. The summed E-state index contributed by atoms with van der Waals surface area (Å²) in [7, 11) is 0. The predicted octanol–water partition coefficient (Wildman–Crippen LogP) is 5.69. The Morgan fingerprint density at radius 1 is 1.32 bits per heavy atom. The van der Waals surface area contributed by atoms with Crippen molar-refractivity contribution < 1.29 is 4.79 Å². The molecule has 25 heavy (non-hydrogen) atoms. The van der Waals surface area contributed by atoms with Crippen LogP contribution in [0.1, 0.15) is 48.2 Å². The smallest absolute Gasteiger partial charge is 0.277 e. The Balaban J connectivity index is 1.62. The van der Waals surface area contributed by atoms with E-state index in [1.54, 1.807) is 0 Å². The average molecular weight is 373 g/mol. The van der Waals surface area contributed by atoms with E-state index in [1.807, 2.05) is 35.4 Å². The molecule has 1 aliphatic carbocycles. The topological polar surface area (TPSA) is 33.2 Å². The zero-order chi connectivity index (χ0) is 17.4. The molecule has 0 radical (unpaired) electrons. The highest BCUT2D eigenvalue weighted by Crippen LogP contribution is 2.36. The van der Waals surface area contributed by atoms with E-state index in [0.29, 0.717) is 16.6 Å². The van der Waals surface area contributed by atoms with Crippen LogP contribution >= 0.6 is 22.9 Å². The summed E-state index contributed by atoms with van der Waals surface area (Å²) >= 11 is 7.64. The quantitative estimate of drug-likeness (QED) is 0.678. The Hall–Kier alpha value is -1.65. The zero-order valence-corrected chi connectivity index (χ0v) is 15.9. The normalized spacial score (nSPS) is 20.2. The van der Waals surface area contributed by atoms with Crippen LogP contribution in [0.15, 0.2) is 35.4 Å². The average Bonchev–Trinajstić information content (AvgIpc) is 3.12. The minimum atomic E-state index is 0.0417. The molecule has 1 unspecified atom stereocenters. The molecule has 0 N–H and O–H groups in total. The third-order valence-electron chi connectivity index (χ3n) is 5.17. The molecule has 1 saturated heterocycles. The number of nitrogens with zero attached hydrogens (tertiary/aromatic N) is 2. The summed E-state index contributed by atoms with van der Waals surface area (Å²) in [6, 6.07) is 5.79. The first-order chi connectivity index (χ1) is 12.1. The number of fused-ring (bicyclic) bond motifs is 1. The van der Waals surface area contributed by atoms with Crippen LogP contribution in [0.25, 0.3) is 10.6 Å². The molecule has 1 fully saturated rings. The summed E-state index contributed by atoms with van der Waals surface area (Å²) in [6.07, 6.45) is 8.09. The fraction of sp³-hybridized carbons (Fsp3) is 0.400. The van der Waals surface area contributed by atoms with Crippen LogP contribution in [-0.2, 0) is 0 Å². The van der Waals surface area contributed by atoms with Gasteiger partial charge < -0.3 is 4.90 Å². The number of carbonyl (C=O) groups is 1. The maximum absolute atomic E-state index is 13.1. The number of hydrogen-bond acceptors (Lipinski definition) is 3. The van der Waals surface area contributed by atoms with Crippen molar-refractivity contribution in [1.82, 2.24) is 9.88 Å². The number of piperidine rings is 1. The number of rotatable bonds is 2. The lowest BCUT2D eigenvalue weighted by molar-refractivity contribution is 0.0744. The minimum absolute atomic E-state index is 0.0417. The van der Waals surface area contributed by atoms with Crippen molar-refractivity contribution in [3.8, 4) is 10.6 Å². The Morgan fingerprint density at radius 2 is 2.16 bits per heavy atom. The van der Waals surface area contributed by atoms with Gasteiger partial charge in [-0.15, -0.1) is 11.3 Å². The van der Waals surface area contributed by atoms with E-state index in [-0.39, 0.29) is 5.91 Å². The van der Waals surface area contributed by atoms with Crippen molar-refractivity contribution in [3.05, 3.63) is 51.6 Å². The number of aromatic nitrogens is 1. The lowest BCUT2D eigenvalue weighted by Gasteiger charge is -2.37. The van der Waals surface area contributed by atoms with E-state index >= 15 is 0 Å². The van der Waals surface area contributed by atoms with E-state index in [2.05, 4.69) is 11.1 Å². The van der Waals surface area contributed by atoms with Crippen molar-refractivity contribution in [2.24, 2.45) is 5.92 Å². The minimum Gasteiger partial charge on any atom is -0.311 e. The highest BCUT2D eigenvalue weighted by atomic mass is 35.5. The van der Waals surface area contributed by atoms with Crippen LogP contribution in [0.2, 0.25) is 5.02 Å². The van der Waals surface area contributed by atoms with Gasteiger partial charge in [0.15, 0.2) is 0 Å². The monoisotopic (exact) mass is 372 g/mol. The second kappa shape index (κ2) is 6.93. The molecule has 4 rings (SSSR count). The van der Waals surface area contributed by atoms with Gasteiger partial charge in [0.2, 0.25) is 0 Å². The third-order valence-corrected chi connectivity index (χ3v) is 6.28. The summed E-state index contributed by atoms with van der Waals surface area (Å²) in [4.78, 5) is 19.7. The number of thiazole rings is 1. The van der Waals surface area contributed by atoms with Gasteiger partial charge >= 0.3 is 0 Å². The van der Waals surface area contributed by atoms with E-state index in [0.717, 1.165) is 35.5 Å². The molecular weight excluding hydrogens is 352 g/mol. The van der Waals surface area contributed by atoms with Crippen molar-refractivity contribution in [2.75, 3.05) is 6.54 Å². The van der Waals surface area contributed by atoms with Crippen LogP contribution in [-0.4, -0.2) is 22.3 Å². The summed E-state index contributed by atoms with van der Waals surface area (Å²) in [5, 5.41) is 3.43. The van der Waals surface area contributed by atoms with E-state index in [4.69, 9.17) is 11.6 Å². The largest absolute Gasteiger partial charge is 0.311 e. The Bertz CT molecular complexity index is 842. The molecule has 0 spiro atoms. The van der Waals surface area contributed by atoms with Gasteiger partial charge in [-0.2, -0.15) is 0 Å². The molecule has 1 aromatic carbocycles. The van der Waals surface area contributed by atoms with Crippen molar-refractivity contribution >= 4 is 28.8 Å². The number of halogens is 1. The van der Waals surface area contributed by atoms with E-state index < -0.39 is 0 Å². The molecule has 1 amide bonds. The molecule has 1 aliphatic heterocycles. The van der Waals surface area contributed by atoms with E-state index in [1.165, 1.54) is 36.3 Å². The first-order valence-electron chi connectivity index (χ1n) is 8.87. The third kappa shape index (κ3) is 3.25. The Labute approximate surface area is 157 Å². The highest BCUT2D eigenvalue weighted by molar-refractivity contribution is 7.13. The zero-order valence-electron chi connectivity index (χ0n) is 14.3. The maximum Gasteiger partial charge on any atom is 0.277 e. The van der Waals surface area contributed by atoms with Crippen molar-refractivity contribution in [2.45, 2.75) is 39.0 Å². The van der Waals surface area contributed by atoms with Gasteiger partial charge in [0.05, 0.1) is 0 Å². The van der Waals surface area contributed by atoms with Crippen LogP contribution in [0.5, 0.6) is 0 Å². The van der Waals surface area contributed by atoms with Crippen molar-refractivity contribution in [1.29, 1.82) is 0 Å². The lowest BCUT2D eigenvalue weighted by atomic mass is 9.85. The van der Waals surface area contributed by atoms with Gasteiger partial charge in [0.25, 0.3) is 5.91 Å². The molecule has 1 aromatic heterocycles. The number of hydrogen-bond donors (Lipinski definition) is 0. The SMILES string of the molecule is Cc1ccc(Cl)cc1-c1nc(C(=O)N2CCCC3CCCC=C32)cs1. The fourth-order valence-electron chi connectivity index (χ4n) is 3.85. The molecule has 1 atom stereocenters. The van der Waals surface area contributed by atoms with E-state index in [9.17, 15) is 4.79 Å². The number of carbonyl (C=O) groups excluding carboxylic acids is 1. The number of amides is 1. The van der Waals surface area contributed by atoms with Gasteiger partial charge in [-0.25, -0.2) is 4.98 Å². The first kappa shape index (κ1) is 16.8. The standard InChI is InChI=1S/C20H21ClN2OS/c1-13-8-9-15(21)11-16(13)19-22-17(12-25-19)20(24)23-10-4-6-14-5-2-3-7-18(14)23/h7-9,11-12,14H,2-6,10H2,1H3. The summed E-state index contributed by atoms with van der Waals surface area (Å²) < 4.78 is 0. The van der Waals surface area contributed by atoms with Crippen LogP contribution in [0.3, 0.4) is 0 Å². The highest BCUT2D eigenvalue weighted by Gasteiger charge is 2.31. The number of likely N-dealkylation sites (tertiary alicyclic amines) is 1. The van der Waals surface area contributed by atoms with Crippen LogP contribution < -0.4 is 0 Å². The van der Waals surface area contributed by atoms with Gasteiger partial charge in [-0.1, -0.05) is 23.7 Å². The number of benzene rings is 1. The van der Waals surface area contributed by atoms with Gasteiger partial charge in [-0.05, 0) is 62.6 Å². The molecule has 2 aromatic rings. The Kier molecular flexibility index (Phi) is 4.65. The van der Waals surface area contributed by atoms with Gasteiger partial charge in [0.1, 0.15) is 10.7 Å². The molecule has 2 heterocycles. The second-order valence-electron chi connectivity index (χ2n) is 6.85. The summed E-state index contributed by atoms with van der Waals surface area (Å²) in [6.45, 7) is 2.85. The van der Waals surface area contributed by atoms with Crippen LogP contribution in [0, 0.1) is 12.8 Å². The molecule has 0 bridgehead atoms. The molecular formula is C20H21ClN2OS. The van der Waals surface area contributed by atoms with Gasteiger partial charge in [0, 0.05) is 28.2 Å². The molecule has 0 saturated carbocycles. The van der Waals surface area contributed by atoms with Crippen molar-refractivity contribution in [3.63, 3.8) is 0 Å². The molecule has 5 heteroatoms. The Morgan fingerprint density at radius 3 is 3.04 bits per heavy atom. The number of aryl methyl sites for hydroxylation is 1. The summed E-state index contributed by atoms with van der Waals surface area (Å²) in [5.74, 6) is 0.597. The molecule has 2 aliphatic rings. The lowest BCUT2D eigenvalue weighted by Crippen LogP contribution is -2.39. The maximum atomic E-state index is 13.1. The second-order valence-corrected chi connectivity index (χ2v) is 8.15. The fourth-order valence-corrected chi connectivity index (χ4v) is 4.90. The number of allylic oxidation sites excluding steroid dienone is 2.